The van der Waals surface area contributed by atoms with E-state index < -0.39 is 10.0 Å². The number of amides is 1. The van der Waals surface area contributed by atoms with Crippen LogP contribution in [0.4, 0.5) is 5.69 Å². The summed E-state index contributed by atoms with van der Waals surface area (Å²) in [4.78, 5) is 12.7. The van der Waals surface area contributed by atoms with Crippen LogP contribution in [0, 0.1) is 5.92 Å². The number of sulfonamides is 1. The van der Waals surface area contributed by atoms with E-state index in [0.29, 0.717) is 30.2 Å². The molecule has 31 heavy (non-hydrogen) atoms. The maximum Gasteiger partial charge on any atom is 0.246 e. The largest absolute Gasteiger partial charge is 0.492 e. The second kappa shape index (κ2) is 10.1. The van der Waals surface area contributed by atoms with E-state index in [-0.39, 0.29) is 50.6 Å². The van der Waals surface area contributed by atoms with Gasteiger partial charge >= 0.3 is 0 Å². The third-order valence-corrected chi connectivity index (χ3v) is 8.11. The molecule has 1 N–H and O–H groups in total. The van der Waals surface area contributed by atoms with Gasteiger partial charge in [-0.25, -0.2) is 8.42 Å². The zero-order valence-electron chi connectivity index (χ0n) is 16.5. The van der Waals surface area contributed by atoms with E-state index in [1.165, 1.54) is 22.5 Å². The van der Waals surface area contributed by atoms with Gasteiger partial charge in [0.25, 0.3) is 0 Å². The number of nitrogens with one attached hydrogen (secondary N) is 1. The van der Waals surface area contributed by atoms with E-state index in [0.717, 1.165) is 0 Å². The molecule has 2 aromatic carbocycles. The fourth-order valence-electron chi connectivity index (χ4n) is 3.31. The number of ether oxygens (including phenoxy) is 1. The normalized spacial score (nSPS) is 15.6. The van der Waals surface area contributed by atoms with E-state index in [1.54, 1.807) is 19.1 Å². The van der Waals surface area contributed by atoms with Crippen LogP contribution in [0.2, 0.25) is 20.1 Å². The molecule has 0 aromatic heterocycles. The number of anilines is 1. The third kappa shape index (κ3) is 5.59. The molecule has 1 saturated heterocycles. The molecule has 1 fully saturated rings. The Bertz CT molecular complexity index is 1090. The van der Waals surface area contributed by atoms with Crippen molar-refractivity contribution in [3.05, 3.63) is 50.4 Å². The molecule has 1 heterocycles. The molecule has 0 bridgehead atoms. The summed E-state index contributed by atoms with van der Waals surface area (Å²) >= 11 is 24.0. The van der Waals surface area contributed by atoms with Crippen LogP contribution in [0.5, 0.6) is 5.75 Å². The molecule has 3 rings (SSSR count). The average Bonchev–Trinajstić information content (AvgIpc) is 2.73. The van der Waals surface area contributed by atoms with Crippen LogP contribution in [0.15, 0.2) is 35.2 Å². The van der Waals surface area contributed by atoms with Crippen LogP contribution in [-0.4, -0.2) is 38.3 Å². The molecule has 1 aliphatic heterocycles. The molecular weight excluding hydrogens is 506 g/mol. The number of carbonyl (C=O) groups is 1. The molecule has 11 heteroatoms. The summed E-state index contributed by atoms with van der Waals surface area (Å²) in [5, 5.41) is 3.88. The minimum Gasteiger partial charge on any atom is -0.492 e. The Kier molecular flexibility index (Phi) is 8.00. The van der Waals surface area contributed by atoms with Crippen molar-refractivity contribution in [2.45, 2.75) is 24.7 Å². The van der Waals surface area contributed by atoms with E-state index in [4.69, 9.17) is 51.1 Å². The average molecular weight is 526 g/mol. The van der Waals surface area contributed by atoms with Crippen molar-refractivity contribution < 1.29 is 17.9 Å². The van der Waals surface area contributed by atoms with Gasteiger partial charge in [0.15, 0.2) is 0 Å². The summed E-state index contributed by atoms with van der Waals surface area (Å²) in [5.74, 6) is -0.376. The summed E-state index contributed by atoms with van der Waals surface area (Å²) in [6.07, 6.45) is 0.711. The first kappa shape index (κ1) is 24.4. The highest BCUT2D eigenvalue weighted by Gasteiger charge is 2.34. The van der Waals surface area contributed by atoms with Crippen molar-refractivity contribution >= 4 is 68.0 Å². The van der Waals surface area contributed by atoms with Gasteiger partial charge in [0.2, 0.25) is 15.9 Å². The van der Waals surface area contributed by atoms with Gasteiger partial charge in [-0.3, -0.25) is 4.79 Å². The minimum atomic E-state index is -3.82. The molecule has 0 saturated carbocycles. The lowest BCUT2D eigenvalue weighted by Gasteiger charge is -2.31. The number of carbonyl (C=O) groups excluding carboxylic acids is 1. The van der Waals surface area contributed by atoms with E-state index in [1.807, 2.05) is 0 Å². The predicted molar refractivity (Wildman–Crippen MR) is 124 cm³/mol. The Morgan fingerprint density at radius 3 is 2.35 bits per heavy atom. The molecule has 168 valence electrons. The zero-order chi connectivity index (χ0) is 22.8. The Balaban J connectivity index is 1.70. The number of hydrogen-bond donors (Lipinski definition) is 1. The van der Waals surface area contributed by atoms with Crippen molar-refractivity contribution in [3.63, 3.8) is 0 Å². The van der Waals surface area contributed by atoms with Gasteiger partial charge in [0, 0.05) is 24.0 Å². The van der Waals surface area contributed by atoms with E-state index in [9.17, 15) is 13.2 Å². The molecule has 0 unspecified atom stereocenters. The summed E-state index contributed by atoms with van der Waals surface area (Å²) in [5.41, 5.74) is 0.358. The van der Waals surface area contributed by atoms with Crippen LogP contribution >= 0.6 is 46.4 Å². The first-order valence-electron chi connectivity index (χ1n) is 9.51. The minimum absolute atomic E-state index is 0.0207. The first-order valence-corrected chi connectivity index (χ1v) is 12.5. The highest BCUT2D eigenvalue weighted by Crippen LogP contribution is 2.34. The topological polar surface area (TPSA) is 75.7 Å². The van der Waals surface area contributed by atoms with Gasteiger partial charge in [-0.15, -0.1) is 0 Å². The quantitative estimate of drug-likeness (QED) is 0.488. The summed E-state index contributed by atoms with van der Waals surface area (Å²) in [6.45, 7) is 2.47. The molecule has 0 atom stereocenters. The number of piperidine rings is 1. The standard InChI is InChI=1S/C20H20Cl4N2O4S/c1-2-30-18-4-3-13(21)9-19(18)31(28,29)26-7-5-12(6-8-26)20(27)25-17-11-15(23)14(22)10-16(17)24/h3-4,9-12H,2,5-8H2,1H3,(H,25,27). The van der Waals surface area contributed by atoms with Crippen molar-refractivity contribution in [2.75, 3.05) is 25.0 Å². The number of benzene rings is 2. The van der Waals surface area contributed by atoms with Gasteiger partial charge < -0.3 is 10.1 Å². The number of hydrogen-bond acceptors (Lipinski definition) is 4. The monoisotopic (exact) mass is 524 g/mol. The van der Waals surface area contributed by atoms with Crippen LogP contribution in [-0.2, 0) is 14.8 Å². The molecule has 6 nitrogen and oxygen atoms in total. The molecule has 1 aliphatic rings. The van der Waals surface area contributed by atoms with Crippen molar-refractivity contribution in [2.24, 2.45) is 5.92 Å². The lowest BCUT2D eigenvalue weighted by molar-refractivity contribution is -0.120. The second-order valence-electron chi connectivity index (χ2n) is 6.94. The third-order valence-electron chi connectivity index (χ3n) is 4.92. The maximum atomic E-state index is 13.2. The van der Waals surface area contributed by atoms with Crippen molar-refractivity contribution in [3.8, 4) is 5.75 Å². The Morgan fingerprint density at radius 2 is 1.71 bits per heavy atom. The van der Waals surface area contributed by atoms with Gasteiger partial charge in [-0.05, 0) is 50.1 Å². The summed E-state index contributed by atoms with van der Waals surface area (Å²) in [7, 11) is -3.82. The second-order valence-corrected chi connectivity index (χ2v) is 10.5. The fraction of sp³-hybridized carbons (Fsp3) is 0.350. The highest BCUT2D eigenvalue weighted by atomic mass is 35.5. The molecule has 0 radical (unpaired) electrons. The summed E-state index contributed by atoms with van der Waals surface area (Å²) < 4.78 is 33.1. The van der Waals surface area contributed by atoms with Gasteiger partial charge in [-0.2, -0.15) is 4.31 Å². The van der Waals surface area contributed by atoms with Crippen molar-refractivity contribution in [1.29, 1.82) is 0 Å². The predicted octanol–water partition coefficient (Wildman–Crippen LogP) is 5.74. The Hall–Kier alpha value is -1.22. The van der Waals surface area contributed by atoms with Gasteiger partial charge in [0.05, 0.1) is 27.4 Å². The Labute approximate surface area is 201 Å². The van der Waals surface area contributed by atoms with Crippen LogP contribution in [0.3, 0.4) is 0 Å². The Morgan fingerprint density at radius 1 is 1.06 bits per heavy atom. The molecule has 0 spiro atoms. The van der Waals surface area contributed by atoms with Crippen LogP contribution < -0.4 is 10.1 Å². The molecule has 2 aromatic rings. The van der Waals surface area contributed by atoms with Gasteiger partial charge in [-0.1, -0.05) is 46.4 Å². The molecule has 1 amide bonds. The lowest BCUT2D eigenvalue weighted by Crippen LogP contribution is -2.41. The SMILES string of the molecule is CCOc1ccc(Cl)cc1S(=O)(=O)N1CCC(C(=O)Nc2cc(Cl)c(Cl)cc2Cl)CC1. The van der Waals surface area contributed by atoms with E-state index in [2.05, 4.69) is 5.32 Å². The number of halogens is 4. The lowest BCUT2D eigenvalue weighted by atomic mass is 9.97. The maximum absolute atomic E-state index is 13.2. The fourth-order valence-corrected chi connectivity index (χ4v) is 5.77. The molecule has 0 aliphatic carbocycles. The number of nitrogens with zero attached hydrogens (tertiary/aromatic N) is 1. The van der Waals surface area contributed by atoms with Crippen LogP contribution in [0.25, 0.3) is 0 Å². The van der Waals surface area contributed by atoms with Crippen LogP contribution in [0.1, 0.15) is 19.8 Å². The molecular formula is C20H20Cl4N2O4S. The summed E-state index contributed by atoms with van der Waals surface area (Å²) in [6, 6.07) is 7.44. The first-order chi connectivity index (χ1) is 14.6. The zero-order valence-corrected chi connectivity index (χ0v) is 20.3. The number of rotatable bonds is 6. The smallest absolute Gasteiger partial charge is 0.246 e. The van der Waals surface area contributed by atoms with Gasteiger partial charge in [0.1, 0.15) is 10.6 Å². The van der Waals surface area contributed by atoms with E-state index >= 15 is 0 Å². The van der Waals surface area contributed by atoms with Crippen molar-refractivity contribution in [1.82, 2.24) is 4.31 Å². The highest BCUT2D eigenvalue weighted by molar-refractivity contribution is 7.89.